The highest BCUT2D eigenvalue weighted by molar-refractivity contribution is 5.83. The third kappa shape index (κ3) is 2.40. The summed E-state index contributed by atoms with van der Waals surface area (Å²) in [5.41, 5.74) is -1.78. The number of rotatable bonds is 3. The number of alkyl halides is 4. The third-order valence-corrected chi connectivity index (χ3v) is 4.03. The lowest BCUT2D eigenvalue weighted by molar-refractivity contribution is -0.186. The molecule has 2 fully saturated rings. The predicted molar refractivity (Wildman–Crippen MR) is 54.9 cm³/mol. The summed E-state index contributed by atoms with van der Waals surface area (Å²) < 4.78 is 48.8. The average Bonchev–Trinajstić information content (AvgIpc) is 2.16. The van der Waals surface area contributed by atoms with E-state index in [0.29, 0.717) is 0 Å². The Bertz CT molecular complexity index is 407. The van der Waals surface area contributed by atoms with E-state index in [4.69, 9.17) is 5.11 Å². The third-order valence-electron chi connectivity index (χ3n) is 4.03. The highest BCUT2D eigenvalue weighted by atomic mass is 19.4. The van der Waals surface area contributed by atoms with Gasteiger partial charge in [0.2, 0.25) is 0 Å². The summed E-state index contributed by atoms with van der Waals surface area (Å²) in [5.74, 6) is -3.39. The largest absolute Gasteiger partial charge is 0.481 e. The van der Waals surface area contributed by atoms with Crippen LogP contribution in [0, 0.1) is 10.8 Å². The number of nitrogens with one attached hydrogen (secondary N) is 1. The van der Waals surface area contributed by atoms with E-state index in [0.717, 1.165) is 0 Å². The van der Waals surface area contributed by atoms with Crippen LogP contribution in [0.5, 0.6) is 0 Å². The van der Waals surface area contributed by atoms with Gasteiger partial charge >= 0.3 is 18.1 Å². The fourth-order valence-electron chi connectivity index (χ4n) is 3.25. The molecule has 2 aliphatic carbocycles. The van der Waals surface area contributed by atoms with Gasteiger partial charge in [-0.05, 0) is 31.1 Å². The van der Waals surface area contributed by atoms with E-state index >= 15 is 0 Å². The van der Waals surface area contributed by atoms with Gasteiger partial charge in [-0.15, -0.1) is 0 Å². The van der Waals surface area contributed by atoms with E-state index in [1.807, 2.05) is 0 Å². The van der Waals surface area contributed by atoms with Gasteiger partial charge in [-0.3, -0.25) is 9.59 Å². The fourth-order valence-corrected chi connectivity index (χ4v) is 3.25. The minimum Gasteiger partial charge on any atom is -0.481 e. The van der Waals surface area contributed by atoms with Crippen LogP contribution in [0.1, 0.15) is 25.7 Å². The molecule has 1 spiro atoms. The zero-order valence-corrected chi connectivity index (χ0v) is 9.89. The standard InChI is InChI=1S/C11H13F4NO3/c12-6-1-9(2-6)3-10(4-9,8(18)19)5-16-7(17)11(13,14)15/h6H,1-5H2,(H,16,17)(H,18,19). The Kier molecular flexibility index (Phi) is 3.02. The number of hydrogen-bond donors (Lipinski definition) is 2. The molecule has 19 heavy (non-hydrogen) atoms. The van der Waals surface area contributed by atoms with Crippen molar-refractivity contribution in [3.8, 4) is 0 Å². The first-order chi connectivity index (χ1) is 8.59. The Labute approximate surface area is 106 Å². The fraction of sp³-hybridized carbons (Fsp3) is 0.818. The molecule has 108 valence electrons. The molecular weight excluding hydrogens is 270 g/mol. The molecule has 0 aliphatic heterocycles. The Balaban J connectivity index is 1.93. The smallest absolute Gasteiger partial charge is 0.471 e. The van der Waals surface area contributed by atoms with Crippen molar-refractivity contribution in [3.63, 3.8) is 0 Å². The molecule has 0 aromatic heterocycles. The van der Waals surface area contributed by atoms with Crippen molar-refractivity contribution in [2.45, 2.75) is 38.0 Å². The summed E-state index contributed by atoms with van der Waals surface area (Å²) >= 11 is 0. The topological polar surface area (TPSA) is 66.4 Å². The van der Waals surface area contributed by atoms with Gasteiger partial charge in [-0.1, -0.05) is 0 Å². The first-order valence-electron chi connectivity index (χ1n) is 5.81. The van der Waals surface area contributed by atoms with E-state index < -0.39 is 36.2 Å². The number of carbonyl (C=O) groups excluding carboxylic acids is 1. The normalized spacial score (nSPS) is 37.4. The highest BCUT2D eigenvalue weighted by Gasteiger charge is 2.64. The number of carbonyl (C=O) groups is 2. The second-order valence-corrected chi connectivity index (χ2v) is 5.63. The molecule has 0 unspecified atom stereocenters. The van der Waals surface area contributed by atoms with Crippen molar-refractivity contribution >= 4 is 11.9 Å². The van der Waals surface area contributed by atoms with Crippen molar-refractivity contribution in [3.05, 3.63) is 0 Å². The van der Waals surface area contributed by atoms with Gasteiger partial charge in [0, 0.05) is 6.54 Å². The lowest BCUT2D eigenvalue weighted by Gasteiger charge is -2.60. The average molecular weight is 283 g/mol. The summed E-state index contributed by atoms with van der Waals surface area (Å²) in [6.45, 7) is -0.570. The van der Waals surface area contributed by atoms with Gasteiger partial charge in [0.15, 0.2) is 0 Å². The molecule has 2 aliphatic rings. The molecule has 0 radical (unpaired) electrons. The predicted octanol–water partition coefficient (Wildman–Crippen LogP) is 1.65. The summed E-state index contributed by atoms with van der Waals surface area (Å²) in [4.78, 5) is 21.8. The van der Waals surface area contributed by atoms with E-state index in [1.54, 1.807) is 5.32 Å². The molecular formula is C11H13F4NO3. The first kappa shape index (κ1) is 14.1. The van der Waals surface area contributed by atoms with Crippen LogP contribution in [-0.2, 0) is 9.59 Å². The Morgan fingerprint density at radius 1 is 1.26 bits per heavy atom. The van der Waals surface area contributed by atoms with Crippen LogP contribution in [0.15, 0.2) is 0 Å². The minimum atomic E-state index is -5.03. The first-order valence-corrected chi connectivity index (χ1v) is 5.81. The van der Waals surface area contributed by atoms with Crippen LogP contribution in [0.3, 0.4) is 0 Å². The van der Waals surface area contributed by atoms with Crippen LogP contribution in [-0.4, -0.2) is 35.9 Å². The van der Waals surface area contributed by atoms with Crippen molar-refractivity contribution in [2.24, 2.45) is 10.8 Å². The molecule has 0 heterocycles. The number of hydrogen-bond acceptors (Lipinski definition) is 2. The molecule has 0 aromatic carbocycles. The number of carboxylic acid groups (broad SMARTS) is 1. The van der Waals surface area contributed by atoms with Crippen LogP contribution in [0.2, 0.25) is 0 Å². The van der Waals surface area contributed by atoms with Crippen LogP contribution in [0.4, 0.5) is 17.6 Å². The molecule has 0 bridgehead atoms. The second kappa shape index (κ2) is 4.08. The maximum absolute atomic E-state index is 12.8. The van der Waals surface area contributed by atoms with Gasteiger partial charge in [0.25, 0.3) is 0 Å². The molecule has 2 N–H and O–H groups in total. The molecule has 1 amide bonds. The quantitative estimate of drug-likeness (QED) is 0.774. The summed E-state index contributed by atoms with van der Waals surface area (Å²) in [6, 6.07) is 0. The number of amides is 1. The molecule has 0 saturated heterocycles. The van der Waals surface area contributed by atoms with Crippen molar-refractivity contribution < 1.29 is 32.3 Å². The Morgan fingerprint density at radius 2 is 1.79 bits per heavy atom. The van der Waals surface area contributed by atoms with E-state index in [2.05, 4.69) is 0 Å². The molecule has 4 nitrogen and oxygen atoms in total. The van der Waals surface area contributed by atoms with Crippen molar-refractivity contribution in [1.29, 1.82) is 0 Å². The van der Waals surface area contributed by atoms with Crippen molar-refractivity contribution in [1.82, 2.24) is 5.32 Å². The Morgan fingerprint density at radius 3 is 2.16 bits per heavy atom. The lowest BCUT2D eigenvalue weighted by Crippen LogP contribution is -2.61. The molecule has 8 heteroatoms. The van der Waals surface area contributed by atoms with Gasteiger partial charge < -0.3 is 10.4 Å². The van der Waals surface area contributed by atoms with Gasteiger partial charge in [0.05, 0.1) is 5.41 Å². The van der Waals surface area contributed by atoms with E-state index in [1.165, 1.54) is 0 Å². The van der Waals surface area contributed by atoms with Crippen molar-refractivity contribution in [2.75, 3.05) is 6.54 Å². The summed E-state index contributed by atoms with van der Waals surface area (Å²) in [5, 5.41) is 10.7. The summed E-state index contributed by atoms with van der Waals surface area (Å²) in [7, 11) is 0. The zero-order valence-electron chi connectivity index (χ0n) is 9.89. The van der Waals surface area contributed by atoms with Gasteiger partial charge in [0.1, 0.15) is 6.17 Å². The maximum Gasteiger partial charge on any atom is 0.471 e. The number of aliphatic carboxylic acids is 1. The number of halogens is 4. The van der Waals surface area contributed by atoms with Crippen LogP contribution < -0.4 is 5.32 Å². The number of carboxylic acids is 1. The second-order valence-electron chi connectivity index (χ2n) is 5.63. The van der Waals surface area contributed by atoms with Crippen LogP contribution >= 0.6 is 0 Å². The SMILES string of the molecule is O=C(NCC1(C(=O)O)CC2(CC(F)C2)C1)C(F)(F)F. The van der Waals surface area contributed by atoms with Crippen LogP contribution in [0.25, 0.3) is 0 Å². The molecule has 2 saturated carbocycles. The molecule has 2 rings (SSSR count). The lowest BCUT2D eigenvalue weighted by atomic mass is 9.44. The monoisotopic (exact) mass is 283 g/mol. The maximum atomic E-state index is 12.8. The van der Waals surface area contributed by atoms with E-state index in [9.17, 15) is 27.2 Å². The molecule has 0 aromatic rings. The Hall–Kier alpha value is -1.34. The van der Waals surface area contributed by atoms with Gasteiger partial charge in [-0.2, -0.15) is 13.2 Å². The minimum absolute atomic E-state index is 0.119. The zero-order chi connectivity index (χ0) is 14.5. The van der Waals surface area contributed by atoms with Gasteiger partial charge in [-0.25, -0.2) is 4.39 Å². The summed E-state index contributed by atoms with van der Waals surface area (Å²) in [6.07, 6.45) is -5.22. The van der Waals surface area contributed by atoms with E-state index in [-0.39, 0.29) is 31.1 Å². The highest BCUT2D eigenvalue weighted by Crippen LogP contribution is 2.65. The molecule has 0 atom stereocenters.